The Labute approximate surface area is 168 Å². The molecule has 0 fully saturated rings. The lowest BCUT2D eigenvalue weighted by Gasteiger charge is -2.26. The number of carbonyl (C=O) groups excluding carboxylic acids is 1. The van der Waals surface area contributed by atoms with Gasteiger partial charge in [0.25, 0.3) is 0 Å². The van der Waals surface area contributed by atoms with Gasteiger partial charge in [-0.05, 0) is 24.3 Å². The Balaban J connectivity index is 2.53. The molecule has 0 saturated carbocycles. The standard InChI is InChI=1S/C25H28N2O/c1-5-17-26(18-6-2)23-15-11-9-13-21(23)25(28)22-14-10-12-16-24(22)27(19-7-3)20-8-4/h5-16H,1-4,17-20H2. The van der Waals surface area contributed by atoms with Crippen molar-refractivity contribution < 1.29 is 4.79 Å². The van der Waals surface area contributed by atoms with Crippen LogP contribution in [0, 0.1) is 0 Å². The van der Waals surface area contributed by atoms with Gasteiger partial charge in [-0.25, -0.2) is 0 Å². The molecule has 3 heteroatoms. The van der Waals surface area contributed by atoms with Crippen LogP contribution in [0.5, 0.6) is 0 Å². The Morgan fingerprint density at radius 3 is 1.29 bits per heavy atom. The Hall–Kier alpha value is -3.33. The van der Waals surface area contributed by atoms with E-state index in [1.807, 2.05) is 72.8 Å². The molecule has 0 saturated heterocycles. The second kappa shape index (κ2) is 10.7. The zero-order chi connectivity index (χ0) is 20.4. The molecule has 0 N–H and O–H groups in total. The average Bonchev–Trinajstić information content (AvgIpc) is 2.73. The zero-order valence-corrected chi connectivity index (χ0v) is 16.4. The Morgan fingerprint density at radius 2 is 0.964 bits per heavy atom. The highest BCUT2D eigenvalue weighted by Crippen LogP contribution is 2.28. The largest absolute Gasteiger partial charge is 0.364 e. The molecule has 0 unspecified atom stereocenters. The monoisotopic (exact) mass is 372 g/mol. The molecular formula is C25H28N2O. The van der Waals surface area contributed by atoms with Gasteiger partial charge in [-0.15, -0.1) is 26.3 Å². The number of anilines is 2. The van der Waals surface area contributed by atoms with Crippen molar-refractivity contribution in [3.8, 4) is 0 Å². The van der Waals surface area contributed by atoms with Crippen LogP contribution in [-0.4, -0.2) is 32.0 Å². The molecular weight excluding hydrogens is 344 g/mol. The predicted molar refractivity (Wildman–Crippen MR) is 122 cm³/mol. The van der Waals surface area contributed by atoms with Crippen LogP contribution in [0.3, 0.4) is 0 Å². The Morgan fingerprint density at radius 1 is 0.643 bits per heavy atom. The Kier molecular flexibility index (Phi) is 8.04. The van der Waals surface area contributed by atoms with Crippen molar-refractivity contribution in [1.82, 2.24) is 0 Å². The first kappa shape index (κ1) is 21.0. The van der Waals surface area contributed by atoms with E-state index in [4.69, 9.17) is 0 Å². The van der Waals surface area contributed by atoms with Crippen molar-refractivity contribution >= 4 is 17.2 Å². The minimum atomic E-state index is -0.0116. The van der Waals surface area contributed by atoms with Crippen LogP contribution in [0.1, 0.15) is 15.9 Å². The summed E-state index contributed by atoms with van der Waals surface area (Å²) < 4.78 is 0. The SMILES string of the molecule is C=CCN(CC=C)c1ccccc1C(=O)c1ccccc1N(CC=C)CC=C. The molecule has 2 aromatic carbocycles. The fraction of sp³-hybridized carbons (Fsp3) is 0.160. The summed E-state index contributed by atoms with van der Waals surface area (Å²) in [5, 5.41) is 0. The van der Waals surface area contributed by atoms with Gasteiger partial charge in [0.05, 0.1) is 0 Å². The fourth-order valence-corrected chi connectivity index (χ4v) is 3.19. The summed E-state index contributed by atoms with van der Waals surface area (Å²) in [7, 11) is 0. The number of benzene rings is 2. The van der Waals surface area contributed by atoms with Gasteiger partial charge >= 0.3 is 0 Å². The molecule has 0 aliphatic heterocycles. The molecule has 28 heavy (non-hydrogen) atoms. The predicted octanol–water partition coefficient (Wildman–Crippen LogP) is 5.27. The van der Waals surface area contributed by atoms with Gasteiger partial charge in [0, 0.05) is 48.7 Å². The summed E-state index contributed by atoms with van der Waals surface area (Å²) in [4.78, 5) is 17.7. The molecule has 0 aliphatic rings. The molecule has 0 amide bonds. The maximum atomic E-state index is 13.6. The summed E-state index contributed by atoms with van der Waals surface area (Å²) in [6.07, 6.45) is 7.31. The third kappa shape index (κ3) is 4.89. The Bertz CT molecular complexity index is 764. The smallest absolute Gasteiger partial charge is 0.197 e. The maximum Gasteiger partial charge on any atom is 0.197 e. The van der Waals surface area contributed by atoms with E-state index in [1.165, 1.54) is 0 Å². The van der Waals surface area contributed by atoms with Gasteiger partial charge in [0.2, 0.25) is 0 Å². The van der Waals surface area contributed by atoms with E-state index in [1.54, 1.807) is 0 Å². The molecule has 2 rings (SSSR count). The third-order valence-corrected chi connectivity index (χ3v) is 4.38. The molecule has 0 radical (unpaired) electrons. The first-order valence-electron chi connectivity index (χ1n) is 9.34. The summed E-state index contributed by atoms with van der Waals surface area (Å²) >= 11 is 0. The van der Waals surface area contributed by atoms with E-state index in [0.29, 0.717) is 37.3 Å². The maximum absolute atomic E-state index is 13.6. The lowest BCUT2D eigenvalue weighted by Crippen LogP contribution is -2.27. The zero-order valence-electron chi connectivity index (χ0n) is 16.4. The van der Waals surface area contributed by atoms with Gasteiger partial charge in [-0.1, -0.05) is 48.6 Å². The topological polar surface area (TPSA) is 23.6 Å². The second-order valence-electron chi connectivity index (χ2n) is 6.33. The highest BCUT2D eigenvalue weighted by Gasteiger charge is 2.20. The molecule has 0 aliphatic carbocycles. The minimum Gasteiger partial charge on any atom is -0.364 e. The number of ketones is 1. The van der Waals surface area contributed by atoms with Crippen molar-refractivity contribution in [2.75, 3.05) is 36.0 Å². The highest BCUT2D eigenvalue weighted by molar-refractivity contribution is 6.15. The number of para-hydroxylation sites is 2. The van der Waals surface area contributed by atoms with Crippen LogP contribution in [0.4, 0.5) is 11.4 Å². The third-order valence-electron chi connectivity index (χ3n) is 4.38. The van der Waals surface area contributed by atoms with Gasteiger partial charge in [0.15, 0.2) is 5.78 Å². The first-order chi connectivity index (χ1) is 13.7. The van der Waals surface area contributed by atoms with E-state index < -0.39 is 0 Å². The number of nitrogens with zero attached hydrogens (tertiary/aromatic N) is 2. The van der Waals surface area contributed by atoms with Crippen molar-refractivity contribution in [3.63, 3.8) is 0 Å². The van der Waals surface area contributed by atoms with Crippen molar-refractivity contribution in [2.24, 2.45) is 0 Å². The molecule has 0 heterocycles. The molecule has 0 spiro atoms. The van der Waals surface area contributed by atoms with E-state index in [2.05, 4.69) is 36.1 Å². The quantitative estimate of drug-likeness (QED) is 0.374. The van der Waals surface area contributed by atoms with Crippen LogP contribution < -0.4 is 9.80 Å². The van der Waals surface area contributed by atoms with Crippen LogP contribution in [0.25, 0.3) is 0 Å². The summed E-state index contributed by atoms with van der Waals surface area (Å²) in [6.45, 7) is 17.9. The molecule has 0 aromatic heterocycles. The normalized spacial score (nSPS) is 10.0. The van der Waals surface area contributed by atoms with Crippen LogP contribution in [0.2, 0.25) is 0 Å². The lowest BCUT2D eigenvalue weighted by molar-refractivity contribution is 0.103. The van der Waals surface area contributed by atoms with Gasteiger partial charge in [-0.2, -0.15) is 0 Å². The molecule has 144 valence electrons. The van der Waals surface area contributed by atoms with Gasteiger partial charge in [0.1, 0.15) is 0 Å². The highest BCUT2D eigenvalue weighted by atomic mass is 16.1. The van der Waals surface area contributed by atoms with E-state index >= 15 is 0 Å². The molecule has 0 atom stereocenters. The molecule has 0 bridgehead atoms. The van der Waals surface area contributed by atoms with E-state index in [9.17, 15) is 4.79 Å². The van der Waals surface area contributed by atoms with Crippen molar-refractivity contribution in [1.29, 1.82) is 0 Å². The van der Waals surface area contributed by atoms with Crippen LogP contribution >= 0.6 is 0 Å². The van der Waals surface area contributed by atoms with Crippen molar-refractivity contribution in [2.45, 2.75) is 0 Å². The summed E-state index contributed by atoms with van der Waals surface area (Å²) in [6, 6.07) is 15.4. The lowest BCUT2D eigenvalue weighted by atomic mass is 9.98. The summed E-state index contributed by atoms with van der Waals surface area (Å²) in [5.41, 5.74) is 3.08. The summed E-state index contributed by atoms with van der Waals surface area (Å²) in [5.74, 6) is -0.0116. The van der Waals surface area contributed by atoms with Crippen molar-refractivity contribution in [3.05, 3.63) is 110 Å². The fourth-order valence-electron chi connectivity index (χ4n) is 3.19. The average molecular weight is 373 g/mol. The van der Waals surface area contributed by atoms with E-state index in [-0.39, 0.29) is 5.78 Å². The van der Waals surface area contributed by atoms with Gasteiger partial charge in [-0.3, -0.25) is 4.79 Å². The van der Waals surface area contributed by atoms with Gasteiger partial charge < -0.3 is 9.80 Å². The first-order valence-corrected chi connectivity index (χ1v) is 9.34. The van der Waals surface area contributed by atoms with Crippen LogP contribution in [0.15, 0.2) is 99.2 Å². The molecule has 3 nitrogen and oxygen atoms in total. The number of rotatable bonds is 12. The number of hydrogen-bond donors (Lipinski definition) is 0. The van der Waals surface area contributed by atoms with E-state index in [0.717, 1.165) is 11.4 Å². The molecule has 2 aromatic rings. The minimum absolute atomic E-state index is 0.0116. The number of carbonyl (C=O) groups is 1. The van der Waals surface area contributed by atoms with Crippen LogP contribution in [-0.2, 0) is 0 Å². The second-order valence-corrected chi connectivity index (χ2v) is 6.33. The number of hydrogen-bond acceptors (Lipinski definition) is 3.